The molecule has 0 aliphatic heterocycles. The van der Waals surface area contributed by atoms with Crippen LogP contribution in [0.2, 0.25) is 0 Å². The molecule has 0 bridgehead atoms. The van der Waals surface area contributed by atoms with Crippen LogP contribution < -0.4 is 0 Å². The molecular formula is C13H20O2. The fourth-order valence-corrected chi connectivity index (χ4v) is 1.20. The zero-order valence-electron chi connectivity index (χ0n) is 9.88. The van der Waals surface area contributed by atoms with E-state index in [9.17, 15) is 4.79 Å². The standard InChI is InChI=1S/C13H20O2/c1-5-13(14)15-10-9-12(4)8-6-7-11(2)3/h1,7,12H,6,8-10H2,2-4H3/t12-/m0/s1. The Hall–Kier alpha value is -1.23. The van der Waals surface area contributed by atoms with Crippen molar-refractivity contribution in [2.45, 2.75) is 40.0 Å². The molecule has 15 heavy (non-hydrogen) atoms. The van der Waals surface area contributed by atoms with Crippen molar-refractivity contribution in [3.05, 3.63) is 11.6 Å². The van der Waals surface area contributed by atoms with Crippen LogP contribution in [0.15, 0.2) is 11.6 Å². The lowest BCUT2D eigenvalue weighted by Gasteiger charge is -2.09. The van der Waals surface area contributed by atoms with Gasteiger partial charge in [-0.3, -0.25) is 0 Å². The molecule has 0 N–H and O–H groups in total. The van der Waals surface area contributed by atoms with Crippen LogP contribution in [0.3, 0.4) is 0 Å². The van der Waals surface area contributed by atoms with Gasteiger partial charge in [-0.25, -0.2) is 4.79 Å². The molecule has 1 atom stereocenters. The molecule has 0 spiro atoms. The van der Waals surface area contributed by atoms with Crippen molar-refractivity contribution < 1.29 is 9.53 Å². The Kier molecular flexibility index (Phi) is 7.44. The van der Waals surface area contributed by atoms with Crippen molar-refractivity contribution in [3.8, 4) is 12.3 Å². The van der Waals surface area contributed by atoms with Gasteiger partial charge in [-0.2, -0.15) is 0 Å². The highest BCUT2D eigenvalue weighted by molar-refractivity contribution is 5.87. The highest BCUT2D eigenvalue weighted by atomic mass is 16.5. The fraction of sp³-hybridized carbons (Fsp3) is 0.615. The Morgan fingerprint density at radius 3 is 2.67 bits per heavy atom. The van der Waals surface area contributed by atoms with E-state index in [-0.39, 0.29) is 0 Å². The van der Waals surface area contributed by atoms with Crippen LogP contribution in [0.25, 0.3) is 0 Å². The molecular weight excluding hydrogens is 188 g/mol. The molecule has 0 saturated carbocycles. The summed E-state index contributed by atoms with van der Waals surface area (Å²) in [6, 6.07) is 0. The lowest BCUT2D eigenvalue weighted by atomic mass is 10.0. The van der Waals surface area contributed by atoms with Crippen molar-refractivity contribution in [1.29, 1.82) is 0 Å². The van der Waals surface area contributed by atoms with Gasteiger partial charge in [0.1, 0.15) is 0 Å². The van der Waals surface area contributed by atoms with E-state index in [1.54, 1.807) is 0 Å². The largest absolute Gasteiger partial charge is 0.456 e. The van der Waals surface area contributed by atoms with E-state index >= 15 is 0 Å². The van der Waals surface area contributed by atoms with Crippen molar-refractivity contribution >= 4 is 5.97 Å². The number of rotatable bonds is 6. The maximum atomic E-state index is 10.6. The Bertz CT molecular complexity index is 254. The van der Waals surface area contributed by atoms with Crippen molar-refractivity contribution in [2.75, 3.05) is 6.61 Å². The van der Waals surface area contributed by atoms with E-state index in [0.29, 0.717) is 12.5 Å². The smallest absolute Gasteiger partial charge is 0.384 e. The summed E-state index contributed by atoms with van der Waals surface area (Å²) in [5.74, 6) is 1.92. The average Bonchev–Trinajstić information content (AvgIpc) is 2.17. The lowest BCUT2D eigenvalue weighted by Crippen LogP contribution is -2.06. The summed E-state index contributed by atoms with van der Waals surface area (Å²) in [6.45, 7) is 6.78. The molecule has 0 radical (unpaired) electrons. The monoisotopic (exact) mass is 208 g/mol. The lowest BCUT2D eigenvalue weighted by molar-refractivity contribution is -0.137. The normalized spacial score (nSPS) is 11.3. The SMILES string of the molecule is C#CC(=O)OCC[C@@H](C)CCC=C(C)C. The molecule has 0 aromatic carbocycles. The first-order valence-corrected chi connectivity index (χ1v) is 5.33. The number of carbonyl (C=O) groups is 1. The summed E-state index contributed by atoms with van der Waals surface area (Å²) < 4.78 is 4.80. The van der Waals surface area contributed by atoms with Crippen LogP contribution in [0.4, 0.5) is 0 Å². The summed E-state index contributed by atoms with van der Waals surface area (Å²) in [5, 5.41) is 0. The van der Waals surface area contributed by atoms with Crippen molar-refractivity contribution in [1.82, 2.24) is 0 Å². The number of terminal acetylenes is 1. The van der Waals surface area contributed by atoms with Gasteiger partial charge in [-0.05, 0) is 39.0 Å². The van der Waals surface area contributed by atoms with E-state index in [4.69, 9.17) is 11.2 Å². The summed E-state index contributed by atoms with van der Waals surface area (Å²) >= 11 is 0. The molecule has 2 heteroatoms. The Balaban J connectivity index is 3.50. The number of esters is 1. The summed E-state index contributed by atoms with van der Waals surface area (Å²) in [7, 11) is 0. The molecule has 0 aliphatic carbocycles. The molecule has 0 saturated heterocycles. The Labute approximate surface area is 92.7 Å². The van der Waals surface area contributed by atoms with Gasteiger partial charge in [0.2, 0.25) is 0 Å². The van der Waals surface area contributed by atoms with E-state index < -0.39 is 5.97 Å². The molecule has 0 unspecified atom stereocenters. The number of carbonyl (C=O) groups excluding carboxylic acids is 1. The van der Waals surface area contributed by atoms with Gasteiger partial charge in [-0.15, -0.1) is 6.42 Å². The molecule has 0 aliphatic rings. The number of ether oxygens (including phenoxy) is 1. The minimum atomic E-state index is -0.563. The van der Waals surface area contributed by atoms with Crippen molar-refractivity contribution in [3.63, 3.8) is 0 Å². The van der Waals surface area contributed by atoms with Crippen LogP contribution >= 0.6 is 0 Å². The van der Waals surface area contributed by atoms with Gasteiger partial charge in [0.05, 0.1) is 6.61 Å². The predicted molar refractivity (Wildman–Crippen MR) is 62.2 cm³/mol. The molecule has 0 heterocycles. The summed E-state index contributed by atoms with van der Waals surface area (Å²) in [5.41, 5.74) is 1.35. The third-order valence-corrected chi connectivity index (χ3v) is 2.17. The average molecular weight is 208 g/mol. The Morgan fingerprint density at radius 1 is 1.47 bits per heavy atom. The molecule has 2 nitrogen and oxygen atoms in total. The second kappa shape index (κ2) is 8.11. The van der Waals surface area contributed by atoms with Crippen LogP contribution in [0, 0.1) is 18.3 Å². The minimum Gasteiger partial charge on any atom is -0.456 e. The maximum absolute atomic E-state index is 10.6. The highest BCUT2D eigenvalue weighted by Gasteiger charge is 2.02. The first-order chi connectivity index (χ1) is 7.06. The van der Waals surface area contributed by atoms with Gasteiger partial charge in [0, 0.05) is 5.92 Å². The van der Waals surface area contributed by atoms with Crippen LogP contribution in [0.1, 0.15) is 40.0 Å². The molecule has 0 aromatic rings. The molecule has 0 amide bonds. The number of allylic oxidation sites excluding steroid dienone is 2. The van der Waals surface area contributed by atoms with Crippen molar-refractivity contribution in [2.24, 2.45) is 5.92 Å². The second-order valence-corrected chi connectivity index (χ2v) is 4.03. The third kappa shape index (κ3) is 9.08. The predicted octanol–water partition coefficient (Wildman–Crippen LogP) is 2.94. The summed E-state index contributed by atoms with van der Waals surface area (Å²) in [4.78, 5) is 10.6. The molecule has 84 valence electrons. The topological polar surface area (TPSA) is 26.3 Å². The van der Waals surface area contributed by atoms with Gasteiger partial charge < -0.3 is 4.74 Å². The zero-order chi connectivity index (χ0) is 11.7. The molecule has 0 rings (SSSR count). The van der Waals surface area contributed by atoms with Crippen LogP contribution in [-0.2, 0) is 9.53 Å². The van der Waals surface area contributed by atoms with E-state index in [1.165, 1.54) is 5.57 Å². The summed E-state index contributed by atoms with van der Waals surface area (Å²) in [6.07, 6.45) is 10.2. The third-order valence-electron chi connectivity index (χ3n) is 2.17. The quantitative estimate of drug-likeness (QED) is 0.290. The first kappa shape index (κ1) is 13.8. The van der Waals surface area contributed by atoms with E-state index in [1.807, 2.05) is 5.92 Å². The van der Waals surface area contributed by atoms with Gasteiger partial charge in [0.25, 0.3) is 0 Å². The van der Waals surface area contributed by atoms with E-state index in [2.05, 4.69) is 26.8 Å². The maximum Gasteiger partial charge on any atom is 0.384 e. The highest BCUT2D eigenvalue weighted by Crippen LogP contribution is 2.11. The van der Waals surface area contributed by atoms with Crippen LogP contribution in [0.5, 0.6) is 0 Å². The van der Waals surface area contributed by atoms with Gasteiger partial charge in [-0.1, -0.05) is 18.6 Å². The van der Waals surface area contributed by atoms with Gasteiger partial charge >= 0.3 is 5.97 Å². The number of hydrogen-bond donors (Lipinski definition) is 0. The second-order valence-electron chi connectivity index (χ2n) is 4.03. The van der Waals surface area contributed by atoms with Crippen LogP contribution in [-0.4, -0.2) is 12.6 Å². The molecule has 0 fully saturated rings. The molecule has 0 aromatic heterocycles. The minimum absolute atomic E-state index is 0.430. The first-order valence-electron chi connectivity index (χ1n) is 5.33. The Morgan fingerprint density at radius 2 is 2.13 bits per heavy atom. The van der Waals surface area contributed by atoms with E-state index in [0.717, 1.165) is 19.3 Å². The fourth-order valence-electron chi connectivity index (χ4n) is 1.20. The van der Waals surface area contributed by atoms with Gasteiger partial charge in [0.15, 0.2) is 0 Å². The zero-order valence-corrected chi connectivity index (χ0v) is 9.88. The number of hydrogen-bond acceptors (Lipinski definition) is 2.